The number of rotatable bonds is 2. The predicted octanol–water partition coefficient (Wildman–Crippen LogP) is 1.19. The molecule has 100 valence electrons. The molecule has 3 atom stereocenters. The first kappa shape index (κ1) is 14.7. The lowest BCUT2D eigenvalue weighted by molar-refractivity contribution is -0.143. The van der Waals surface area contributed by atoms with Gasteiger partial charge in [-0.15, -0.1) is 12.4 Å². The normalized spacial score (nSPS) is 33.3. The second-order valence-electron chi connectivity index (χ2n) is 5.04. The number of hydrogen-bond acceptors (Lipinski definition) is 3. The van der Waals surface area contributed by atoms with E-state index in [0.29, 0.717) is 19.1 Å². The molecule has 3 unspecified atom stereocenters. The van der Waals surface area contributed by atoms with E-state index in [1.807, 2.05) is 11.8 Å². The van der Waals surface area contributed by atoms with Gasteiger partial charge < -0.3 is 15.0 Å². The van der Waals surface area contributed by atoms with Gasteiger partial charge in [0.2, 0.25) is 5.91 Å². The molecule has 0 saturated carbocycles. The van der Waals surface area contributed by atoms with Crippen LogP contribution in [0.25, 0.3) is 0 Å². The molecule has 0 aromatic carbocycles. The fourth-order valence-corrected chi connectivity index (χ4v) is 2.51. The Hall–Kier alpha value is -0.320. The van der Waals surface area contributed by atoms with Crippen LogP contribution in [0.4, 0.5) is 0 Å². The molecule has 0 aliphatic carbocycles. The highest BCUT2D eigenvalue weighted by Crippen LogP contribution is 2.16. The van der Waals surface area contributed by atoms with Crippen LogP contribution in [-0.4, -0.2) is 48.7 Å². The zero-order valence-electron chi connectivity index (χ0n) is 10.6. The smallest absolute Gasteiger partial charge is 0.224 e. The molecule has 2 aliphatic rings. The standard InChI is InChI=1S/C12H22N2O2.ClH/c1-9-8-16-10(2)7-14(9)12(15)6-11-4-3-5-13-11;/h9-11,13H,3-8H2,1-2H3;1H. The molecule has 2 heterocycles. The topological polar surface area (TPSA) is 41.6 Å². The van der Waals surface area contributed by atoms with Crippen molar-refractivity contribution < 1.29 is 9.53 Å². The van der Waals surface area contributed by atoms with Crippen molar-refractivity contribution in [3.05, 3.63) is 0 Å². The van der Waals surface area contributed by atoms with Crippen LogP contribution in [-0.2, 0) is 9.53 Å². The number of halogens is 1. The second kappa shape index (κ2) is 6.57. The summed E-state index contributed by atoms with van der Waals surface area (Å²) in [5.74, 6) is 0.280. The van der Waals surface area contributed by atoms with Crippen LogP contribution in [0.1, 0.15) is 33.1 Å². The molecule has 2 aliphatic heterocycles. The van der Waals surface area contributed by atoms with E-state index in [1.54, 1.807) is 0 Å². The number of nitrogens with one attached hydrogen (secondary N) is 1. The summed E-state index contributed by atoms with van der Waals surface area (Å²) >= 11 is 0. The number of morpholine rings is 1. The molecule has 4 nitrogen and oxygen atoms in total. The highest BCUT2D eigenvalue weighted by Gasteiger charge is 2.29. The van der Waals surface area contributed by atoms with Crippen LogP contribution in [0.5, 0.6) is 0 Å². The fraction of sp³-hybridized carbons (Fsp3) is 0.917. The number of hydrogen-bond donors (Lipinski definition) is 1. The highest BCUT2D eigenvalue weighted by molar-refractivity contribution is 5.85. The fourth-order valence-electron chi connectivity index (χ4n) is 2.51. The molecule has 2 rings (SSSR count). The third kappa shape index (κ3) is 3.83. The first-order chi connectivity index (χ1) is 7.66. The highest BCUT2D eigenvalue weighted by atomic mass is 35.5. The molecule has 0 aromatic heterocycles. The number of carbonyl (C=O) groups is 1. The van der Waals surface area contributed by atoms with Crippen molar-refractivity contribution >= 4 is 18.3 Å². The SMILES string of the molecule is CC1CN(C(=O)CC2CCCN2)C(C)CO1.Cl. The lowest BCUT2D eigenvalue weighted by Gasteiger charge is -2.37. The van der Waals surface area contributed by atoms with Gasteiger partial charge in [-0.2, -0.15) is 0 Å². The molecule has 0 spiro atoms. The van der Waals surface area contributed by atoms with Crippen LogP contribution in [0.15, 0.2) is 0 Å². The first-order valence-electron chi connectivity index (χ1n) is 6.31. The van der Waals surface area contributed by atoms with Crippen LogP contribution in [0.3, 0.4) is 0 Å². The number of ether oxygens (including phenoxy) is 1. The van der Waals surface area contributed by atoms with E-state index in [9.17, 15) is 4.79 Å². The Kier molecular flexibility index (Phi) is 5.70. The Morgan fingerprint density at radius 2 is 2.24 bits per heavy atom. The maximum absolute atomic E-state index is 12.1. The minimum Gasteiger partial charge on any atom is -0.375 e. The van der Waals surface area contributed by atoms with E-state index in [1.165, 1.54) is 6.42 Å². The Labute approximate surface area is 109 Å². The van der Waals surface area contributed by atoms with E-state index in [2.05, 4.69) is 12.2 Å². The van der Waals surface area contributed by atoms with Gasteiger partial charge in [-0.05, 0) is 33.2 Å². The van der Waals surface area contributed by atoms with Gasteiger partial charge in [0.25, 0.3) is 0 Å². The summed E-state index contributed by atoms with van der Waals surface area (Å²) in [5, 5.41) is 3.37. The molecule has 2 fully saturated rings. The van der Waals surface area contributed by atoms with Crippen molar-refractivity contribution in [3.8, 4) is 0 Å². The van der Waals surface area contributed by atoms with Crippen molar-refractivity contribution in [1.29, 1.82) is 0 Å². The quantitative estimate of drug-likeness (QED) is 0.813. The summed E-state index contributed by atoms with van der Waals surface area (Å²) in [4.78, 5) is 14.1. The third-order valence-corrected chi connectivity index (χ3v) is 3.51. The summed E-state index contributed by atoms with van der Waals surface area (Å²) in [7, 11) is 0. The van der Waals surface area contributed by atoms with Gasteiger partial charge in [-0.1, -0.05) is 0 Å². The molecule has 0 radical (unpaired) electrons. The Bertz CT molecular complexity index is 257. The van der Waals surface area contributed by atoms with Gasteiger partial charge >= 0.3 is 0 Å². The summed E-state index contributed by atoms with van der Waals surface area (Å²) in [6.07, 6.45) is 3.17. The first-order valence-corrected chi connectivity index (χ1v) is 6.31. The Balaban J connectivity index is 0.00000144. The summed E-state index contributed by atoms with van der Waals surface area (Å²) in [6, 6.07) is 0.628. The van der Waals surface area contributed by atoms with Crippen LogP contribution >= 0.6 is 12.4 Å². The van der Waals surface area contributed by atoms with Crippen LogP contribution in [0.2, 0.25) is 0 Å². The number of amides is 1. The molecule has 1 N–H and O–H groups in total. The minimum atomic E-state index is 0. The zero-order valence-corrected chi connectivity index (χ0v) is 11.5. The summed E-state index contributed by atoms with van der Waals surface area (Å²) in [6.45, 7) is 6.57. The molecule has 2 saturated heterocycles. The van der Waals surface area contributed by atoms with E-state index in [-0.39, 0.29) is 30.5 Å². The van der Waals surface area contributed by atoms with Crippen molar-refractivity contribution in [2.75, 3.05) is 19.7 Å². The molecule has 1 amide bonds. The largest absolute Gasteiger partial charge is 0.375 e. The average Bonchev–Trinajstić information content (AvgIpc) is 2.74. The Morgan fingerprint density at radius 1 is 1.47 bits per heavy atom. The second-order valence-corrected chi connectivity index (χ2v) is 5.04. The monoisotopic (exact) mass is 262 g/mol. The molecule has 0 bridgehead atoms. The van der Waals surface area contributed by atoms with E-state index >= 15 is 0 Å². The van der Waals surface area contributed by atoms with E-state index < -0.39 is 0 Å². The van der Waals surface area contributed by atoms with Crippen molar-refractivity contribution in [2.45, 2.75) is 51.3 Å². The molecular formula is C12H23ClN2O2. The minimum absolute atomic E-state index is 0. The molecule has 0 aromatic rings. The maximum Gasteiger partial charge on any atom is 0.224 e. The van der Waals surface area contributed by atoms with E-state index in [4.69, 9.17) is 4.74 Å². The van der Waals surface area contributed by atoms with Gasteiger partial charge in [-0.3, -0.25) is 4.79 Å². The van der Waals surface area contributed by atoms with Crippen LogP contribution in [0, 0.1) is 0 Å². The van der Waals surface area contributed by atoms with Crippen molar-refractivity contribution in [3.63, 3.8) is 0 Å². The van der Waals surface area contributed by atoms with Gasteiger partial charge in [0.05, 0.1) is 18.8 Å². The molecule has 17 heavy (non-hydrogen) atoms. The Morgan fingerprint density at radius 3 is 2.88 bits per heavy atom. The lowest BCUT2D eigenvalue weighted by atomic mass is 10.1. The lowest BCUT2D eigenvalue weighted by Crippen LogP contribution is -2.51. The van der Waals surface area contributed by atoms with Crippen molar-refractivity contribution in [1.82, 2.24) is 10.2 Å². The third-order valence-electron chi connectivity index (χ3n) is 3.51. The molecule has 5 heteroatoms. The van der Waals surface area contributed by atoms with Gasteiger partial charge in [-0.25, -0.2) is 0 Å². The number of carbonyl (C=O) groups excluding carboxylic acids is 1. The predicted molar refractivity (Wildman–Crippen MR) is 69.5 cm³/mol. The zero-order chi connectivity index (χ0) is 11.5. The van der Waals surface area contributed by atoms with Crippen LogP contribution < -0.4 is 5.32 Å². The van der Waals surface area contributed by atoms with Gasteiger partial charge in [0.15, 0.2) is 0 Å². The molecular weight excluding hydrogens is 240 g/mol. The average molecular weight is 263 g/mol. The summed E-state index contributed by atoms with van der Waals surface area (Å²) < 4.78 is 5.53. The summed E-state index contributed by atoms with van der Waals surface area (Å²) in [5.41, 5.74) is 0. The maximum atomic E-state index is 12.1. The van der Waals surface area contributed by atoms with Crippen molar-refractivity contribution in [2.24, 2.45) is 0 Å². The van der Waals surface area contributed by atoms with Gasteiger partial charge in [0, 0.05) is 19.0 Å². The van der Waals surface area contributed by atoms with Gasteiger partial charge in [0.1, 0.15) is 0 Å². The van der Waals surface area contributed by atoms with E-state index in [0.717, 1.165) is 19.5 Å². The number of nitrogens with zero attached hydrogens (tertiary/aromatic N) is 1.